The van der Waals surface area contributed by atoms with Crippen molar-refractivity contribution in [2.45, 2.75) is 25.7 Å². The summed E-state index contributed by atoms with van der Waals surface area (Å²) in [4.78, 5) is 0. The Hall–Kier alpha value is -2.07. The Morgan fingerprint density at radius 2 is 1.86 bits per heavy atom. The lowest BCUT2D eigenvalue weighted by molar-refractivity contribution is 0.415. The molecule has 0 atom stereocenters. The second-order valence-corrected chi connectivity index (χ2v) is 5.87. The van der Waals surface area contributed by atoms with E-state index < -0.39 is 0 Å². The van der Waals surface area contributed by atoms with Gasteiger partial charge < -0.3 is 15.4 Å². The van der Waals surface area contributed by atoms with E-state index in [1.165, 1.54) is 30.4 Å². The number of thiocarbonyl (C=S) groups is 1. The van der Waals surface area contributed by atoms with E-state index in [-0.39, 0.29) is 0 Å². The number of anilines is 2. The third-order valence-corrected chi connectivity index (χ3v) is 4.18. The van der Waals surface area contributed by atoms with Crippen molar-refractivity contribution in [3.63, 3.8) is 0 Å². The van der Waals surface area contributed by atoms with E-state index >= 15 is 0 Å². The summed E-state index contributed by atoms with van der Waals surface area (Å²) in [5, 5.41) is 7.15. The zero-order valence-corrected chi connectivity index (χ0v) is 13.5. The molecule has 0 radical (unpaired) electrons. The molecule has 3 nitrogen and oxygen atoms in total. The van der Waals surface area contributed by atoms with Crippen molar-refractivity contribution in [2.24, 2.45) is 0 Å². The van der Waals surface area contributed by atoms with E-state index in [1.807, 2.05) is 24.3 Å². The summed E-state index contributed by atoms with van der Waals surface area (Å²) in [5.41, 5.74) is 4.89. The Morgan fingerprint density at radius 3 is 2.73 bits per heavy atom. The van der Waals surface area contributed by atoms with Gasteiger partial charge in [-0.1, -0.05) is 18.2 Å². The van der Waals surface area contributed by atoms with Crippen molar-refractivity contribution in [1.29, 1.82) is 0 Å². The number of methoxy groups -OCH3 is 1. The molecule has 114 valence electrons. The molecule has 0 fully saturated rings. The molecule has 1 aliphatic rings. The van der Waals surface area contributed by atoms with Crippen LogP contribution >= 0.6 is 12.2 Å². The number of rotatable bonds is 3. The number of aryl methyl sites for hydroxylation is 1. The van der Waals surface area contributed by atoms with Crippen molar-refractivity contribution in [1.82, 2.24) is 0 Å². The summed E-state index contributed by atoms with van der Waals surface area (Å²) in [6, 6.07) is 14.2. The van der Waals surface area contributed by atoms with E-state index in [0.717, 1.165) is 23.5 Å². The van der Waals surface area contributed by atoms with Gasteiger partial charge in [-0.15, -0.1) is 0 Å². The van der Waals surface area contributed by atoms with Crippen LogP contribution in [-0.2, 0) is 12.8 Å². The summed E-state index contributed by atoms with van der Waals surface area (Å²) < 4.78 is 5.23. The quantitative estimate of drug-likeness (QED) is 0.824. The maximum atomic E-state index is 5.44. The van der Waals surface area contributed by atoms with Crippen molar-refractivity contribution in [3.05, 3.63) is 53.6 Å². The zero-order chi connectivity index (χ0) is 15.4. The highest BCUT2D eigenvalue weighted by Crippen LogP contribution is 2.28. The molecule has 0 aromatic heterocycles. The summed E-state index contributed by atoms with van der Waals surface area (Å²) in [6.45, 7) is 0. The number of hydrogen-bond acceptors (Lipinski definition) is 2. The Labute approximate surface area is 136 Å². The lowest BCUT2D eigenvalue weighted by Gasteiger charge is -2.20. The lowest BCUT2D eigenvalue weighted by Crippen LogP contribution is -2.20. The second kappa shape index (κ2) is 6.79. The van der Waals surface area contributed by atoms with Crippen LogP contribution in [-0.4, -0.2) is 12.2 Å². The number of ether oxygens (including phenoxy) is 1. The molecule has 0 aliphatic heterocycles. The highest BCUT2D eigenvalue weighted by Gasteiger charge is 2.13. The average Bonchev–Trinajstić information content (AvgIpc) is 2.55. The van der Waals surface area contributed by atoms with Gasteiger partial charge >= 0.3 is 0 Å². The number of fused-ring (bicyclic) bond motifs is 1. The molecule has 22 heavy (non-hydrogen) atoms. The Morgan fingerprint density at radius 1 is 1.05 bits per heavy atom. The van der Waals surface area contributed by atoms with Gasteiger partial charge in [0, 0.05) is 17.4 Å². The van der Waals surface area contributed by atoms with E-state index in [4.69, 9.17) is 17.0 Å². The normalized spacial score (nSPS) is 13.1. The van der Waals surface area contributed by atoms with Crippen LogP contribution in [0.4, 0.5) is 11.4 Å². The summed E-state index contributed by atoms with van der Waals surface area (Å²) >= 11 is 5.44. The lowest BCUT2D eigenvalue weighted by atomic mass is 9.90. The van der Waals surface area contributed by atoms with Crippen LogP contribution in [0.15, 0.2) is 42.5 Å². The fourth-order valence-corrected chi connectivity index (χ4v) is 3.11. The molecule has 0 saturated heterocycles. The van der Waals surface area contributed by atoms with Crippen molar-refractivity contribution in [2.75, 3.05) is 17.7 Å². The maximum absolute atomic E-state index is 5.44. The molecule has 0 saturated carbocycles. The van der Waals surface area contributed by atoms with E-state index in [9.17, 15) is 0 Å². The van der Waals surface area contributed by atoms with Gasteiger partial charge in [-0.3, -0.25) is 0 Å². The van der Waals surface area contributed by atoms with Crippen LogP contribution in [0.25, 0.3) is 0 Å². The minimum absolute atomic E-state index is 0.604. The smallest absolute Gasteiger partial charge is 0.175 e. The third-order valence-electron chi connectivity index (χ3n) is 3.97. The molecule has 0 heterocycles. The predicted molar refractivity (Wildman–Crippen MR) is 95.9 cm³/mol. The van der Waals surface area contributed by atoms with Gasteiger partial charge in [0.25, 0.3) is 0 Å². The standard InChI is InChI=1S/C18H20N2OS/c1-21-15-9-5-8-14(12-15)19-18(22)20-17-11-4-7-13-6-2-3-10-16(13)17/h4-5,7-9,11-12H,2-3,6,10H2,1H3,(H2,19,20,22). The molecule has 1 aliphatic carbocycles. The molecule has 0 spiro atoms. The molecule has 2 aromatic rings. The van der Waals surface area contributed by atoms with Gasteiger partial charge in [0.05, 0.1) is 7.11 Å². The van der Waals surface area contributed by atoms with Gasteiger partial charge in [0.15, 0.2) is 5.11 Å². The maximum Gasteiger partial charge on any atom is 0.175 e. The Balaban J connectivity index is 1.72. The van der Waals surface area contributed by atoms with Crippen molar-refractivity contribution >= 4 is 28.7 Å². The second-order valence-electron chi connectivity index (χ2n) is 5.46. The topological polar surface area (TPSA) is 33.3 Å². The van der Waals surface area contributed by atoms with E-state index in [0.29, 0.717) is 5.11 Å². The molecular formula is C18H20N2OS. The molecule has 4 heteroatoms. The van der Waals surface area contributed by atoms with Crippen LogP contribution in [0.1, 0.15) is 24.0 Å². The Kier molecular flexibility index (Phi) is 4.59. The molecule has 0 unspecified atom stereocenters. The van der Waals surface area contributed by atoms with Gasteiger partial charge in [-0.25, -0.2) is 0 Å². The van der Waals surface area contributed by atoms with E-state index in [1.54, 1.807) is 7.11 Å². The highest BCUT2D eigenvalue weighted by molar-refractivity contribution is 7.80. The molecule has 0 amide bonds. The fraction of sp³-hybridized carbons (Fsp3) is 0.278. The number of nitrogens with one attached hydrogen (secondary N) is 2. The molecular weight excluding hydrogens is 292 g/mol. The predicted octanol–water partition coefficient (Wildman–Crippen LogP) is 4.38. The van der Waals surface area contributed by atoms with Crippen molar-refractivity contribution in [3.8, 4) is 5.75 Å². The van der Waals surface area contributed by atoms with Gasteiger partial charge in [-0.05, 0) is 67.2 Å². The Bertz CT molecular complexity index is 685. The average molecular weight is 312 g/mol. The fourth-order valence-electron chi connectivity index (χ4n) is 2.88. The van der Waals surface area contributed by atoms with Gasteiger partial charge in [0.1, 0.15) is 5.75 Å². The summed E-state index contributed by atoms with van der Waals surface area (Å²) in [7, 11) is 1.66. The molecule has 2 aromatic carbocycles. The first kappa shape index (κ1) is 14.9. The third kappa shape index (κ3) is 3.39. The van der Waals surface area contributed by atoms with Gasteiger partial charge in [-0.2, -0.15) is 0 Å². The summed E-state index contributed by atoms with van der Waals surface area (Å²) in [5.74, 6) is 0.810. The number of benzene rings is 2. The highest BCUT2D eigenvalue weighted by atomic mass is 32.1. The van der Waals surface area contributed by atoms with Crippen LogP contribution in [0.3, 0.4) is 0 Å². The molecule has 3 rings (SSSR count). The first-order valence-electron chi connectivity index (χ1n) is 7.59. The van der Waals surface area contributed by atoms with Crippen LogP contribution < -0.4 is 15.4 Å². The monoisotopic (exact) mass is 312 g/mol. The van der Waals surface area contributed by atoms with E-state index in [2.05, 4.69) is 28.8 Å². The first-order chi connectivity index (χ1) is 10.8. The summed E-state index contributed by atoms with van der Waals surface area (Å²) in [6.07, 6.45) is 4.83. The van der Waals surface area contributed by atoms with Crippen LogP contribution in [0.5, 0.6) is 5.75 Å². The minimum Gasteiger partial charge on any atom is -0.497 e. The largest absolute Gasteiger partial charge is 0.497 e. The van der Waals surface area contributed by atoms with Crippen LogP contribution in [0.2, 0.25) is 0 Å². The molecule has 0 bridgehead atoms. The van der Waals surface area contributed by atoms with Crippen molar-refractivity contribution < 1.29 is 4.74 Å². The zero-order valence-electron chi connectivity index (χ0n) is 12.7. The minimum atomic E-state index is 0.604. The number of hydrogen-bond donors (Lipinski definition) is 2. The van der Waals surface area contributed by atoms with Crippen LogP contribution in [0, 0.1) is 0 Å². The first-order valence-corrected chi connectivity index (χ1v) is 8.00. The SMILES string of the molecule is COc1cccc(NC(=S)Nc2cccc3c2CCCC3)c1. The van der Waals surface area contributed by atoms with Gasteiger partial charge in [0.2, 0.25) is 0 Å². The molecule has 2 N–H and O–H groups in total.